The molecule has 0 bridgehead atoms. The summed E-state index contributed by atoms with van der Waals surface area (Å²) >= 11 is 0. The molecule has 0 radical (unpaired) electrons. The molecule has 0 amide bonds. The third-order valence-corrected chi connectivity index (χ3v) is 4.67. The number of nitrogens with zero attached hydrogens (tertiary/aromatic N) is 6. The molecule has 1 aromatic heterocycles. The molecule has 8 nitrogen and oxygen atoms in total. The average molecular weight is 485 g/mol. The fourth-order valence-electron chi connectivity index (χ4n) is 3.14. The summed E-state index contributed by atoms with van der Waals surface area (Å²) in [5, 5.41) is 11.5. The number of benzene rings is 1. The predicted molar refractivity (Wildman–Crippen MR) is 118 cm³/mol. The minimum Gasteiger partial charge on any atom is -0.497 e. The van der Waals surface area contributed by atoms with Crippen LogP contribution in [0.2, 0.25) is 0 Å². The quantitative estimate of drug-likeness (QED) is 0.396. The van der Waals surface area contributed by atoms with Crippen LogP contribution in [0.1, 0.15) is 12.7 Å². The van der Waals surface area contributed by atoms with Crippen molar-refractivity contribution >= 4 is 35.6 Å². The first-order valence-corrected chi connectivity index (χ1v) is 8.96. The van der Waals surface area contributed by atoms with Gasteiger partial charge in [0.05, 0.1) is 13.7 Å². The van der Waals surface area contributed by atoms with Crippen LogP contribution in [0.5, 0.6) is 5.75 Å². The minimum absolute atomic E-state index is 0. The summed E-state index contributed by atoms with van der Waals surface area (Å²) in [5.41, 5.74) is 1.23. The largest absolute Gasteiger partial charge is 0.497 e. The van der Waals surface area contributed by atoms with Crippen molar-refractivity contribution in [2.24, 2.45) is 4.99 Å². The Balaban J connectivity index is 0.00000261. The highest BCUT2D eigenvalue weighted by molar-refractivity contribution is 14.0. The van der Waals surface area contributed by atoms with Crippen LogP contribution in [-0.2, 0) is 13.1 Å². The van der Waals surface area contributed by atoms with Crippen molar-refractivity contribution in [1.29, 1.82) is 0 Å². The van der Waals surface area contributed by atoms with Crippen LogP contribution in [0.3, 0.4) is 0 Å². The van der Waals surface area contributed by atoms with Crippen LogP contribution >= 0.6 is 24.0 Å². The SMILES string of the molecule is CCn1cnnc1CNC(=NC)N1CCN(c2ccc(OC)cc2)CC1.I. The Morgan fingerprint density at radius 2 is 1.89 bits per heavy atom. The molecule has 27 heavy (non-hydrogen) atoms. The van der Waals surface area contributed by atoms with Crippen molar-refractivity contribution in [2.75, 3.05) is 45.2 Å². The van der Waals surface area contributed by atoms with E-state index in [1.165, 1.54) is 5.69 Å². The number of halogens is 1. The van der Waals surface area contributed by atoms with E-state index in [1.54, 1.807) is 13.4 Å². The lowest BCUT2D eigenvalue weighted by atomic mass is 10.2. The van der Waals surface area contributed by atoms with Gasteiger partial charge in [-0.3, -0.25) is 4.99 Å². The molecular weight excluding hydrogens is 457 g/mol. The average Bonchev–Trinajstić information content (AvgIpc) is 3.16. The zero-order chi connectivity index (χ0) is 18.4. The molecule has 1 aliphatic heterocycles. The van der Waals surface area contributed by atoms with Crippen molar-refractivity contribution in [2.45, 2.75) is 20.0 Å². The van der Waals surface area contributed by atoms with E-state index in [2.05, 4.69) is 49.4 Å². The molecule has 1 N–H and O–H groups in total. The highest BCUT2D eigenvalue weighted by atomic mass is 127. The number of ether oxygens (including phenoxy) is 1. The van der Waals surface area contributed by atoms with E-state index < -0.39 is 0 Å². The number of methoxy groups -OCH3 is 1. The topological polar surface area (TPSA) is 70.8 Å². The van der Waals surface area contributed by atoms with Crippen molar-refractivity contribution in [3.63, 3.8) is 0 Å². The first kappa shape index (κ1) is 21.3. The molecule has 1 aliphatic rings. The van der Waals surface area contributed by atoms with Gasteiger partial charge in [0, 0.05) is 45.5 Å². The van der Waals surface area contributed by atoms with Gasteiger partial charge in [-0.05, 0) is 31.2 Å². The first-order chi connectivity index (χ1) is 12.7. The number of rotatable bonds is 5. The highest BCUT2D eigenvalue weighted by Gasteiger charge is 2.20. The first-order valence-electron chi connectivity index (χ1n) is 8.96. The van der Waals surface area contributed by atoms with Crippen molar-refractivity contribution < 1.29 is 4.74 Å². The van der Waals surface area contributed by atoms with E-state index >= 15 is 0 Å². The second kappa shape index (κ2) is 10.3. The smallest absolute Gasteiger partial charge is 0.194 e. The summed E-state index contributed by atoms with van der Waals surface area (Å²) in [4.78, 5) is 9.10. The Morgan fingerprint density at radius 3 is 2.48 bits per heavy atom. The van der Waals surface area contributed by atoms with Gasteiger partial charge >= 0.3 is 0 Å². The zero-order valence-corrected chi connectivity index (χ0v) is 18.5. The predicted octanol–water partition coefficient (Wildman–Crippen LogP) is 1.82. The second-order valence-electron chi connectivity index (χ2n) is 6.11. The molecule has 1 aromatic carbocycles. The van der Waals surface area contributed by atoms with E-state index in [9.17, 15) is 0 Å². The lowest BCUT2D eigenvalue weighted by Gasteiger charge is -2.37. The molecule has 1 fully saturated rings. The van der Waals surface area contributed by atoms with Gasteiger partial charge in [0.25, 0.3) is 0 Å². The van der Waals surface area contributed by atoms with Gasteiger partial charge in [-0.15, -0.1) is 34.2 Å². The molecule has 2 heterocycles. The van der Waals surface area contributed by atoms with E-state index in [0.29, 0.717) is 6.54 Å². The third kappa shape index (κ3) is 5.24. The summed E-state index contributed by atoms with van der Waals surface area (Å²) in [7, 11) is 3.51. The Kier molecular flexibility index (Phi) is 8.14. The highest BCUT2D eigenvalue weighted by Crippen LogP contribution is 2.20. The molecule has 148 valence electrons. The van der Waals surface area contributed by atoms with Gasteiger partial charge in [-0.1, -0.05) is 0 Å². The number of guanidine groups is 1. The standard InChI is InChI=1S/C18H27N7O.HI/c1-4-23-14-21-22-17(23)13-20-18(19-2)25-11-9-24(10-12-25)15-5-7-16(26-3)8-6-15;/h5-8,14H,4,9-13H2,1-3H3,(H,19,20);1H. The Bertz CT molecular complexity index is 724. The monoisotopic (exact) mass is 485 g/mol. The van der Waals surface area contributed by atoms with Crippen molar-refractivity contribution in [3.05, 3.63) is 36.4 Å². The van der Waals surface area contributed by atoms with Crippen LogP contribution in [0.15, 0.2) is 35.6 Å². The number of hydrogen-bond acceptors (Lipinski definition) is 5. The maximum atomic E-state index is 5.23. The Hall–Kier alpha value is -2.04. The summed E-state index contributed by atoms with van der Waals surface area (Å²) < 4.78 is 7.26. The van der Waals surface area contributed by atoms with Crippen LogP contribution < -0.4 is 15.0 Å². The molecule has 0 spiro atoms. The summed E-state index contributed by atoms with van der Waals surface area (Å²) in [5.74, 6) is 2.72. The zero-order valence-electron chi connectivity index (χ0n) is 16.1. The van der Waals surface area contributed by atoms with Gasteiger partial charge in [0.1, 0.15) is 12.1 Å². The molecule has 9 heteroatoms. The van der Waals surface area contributed by atoms with Gasteiger partial charge in [0.15, 0.2) is 11.8 Å². The number of piperazine rings is 1. The van der Waals surface area contributed by atoms with E-state index in [-0.39, 0.29) is 24.0 Å². The number of anilines is 1. The van der Waals surface area contributed by atoms with Crippen LogP contribution in [0.4, 0.5) is 5.69 Å². The molecule has 3 rings (SSSR count). The van der Waals surface area contributed by atoms with Crippen LogP contribution in [0.25, 0.3) is 0 Å². The fourth-order valence-corrected chi connectivity index (χ4v) is 3.14. The van der Waals surface area contributed by atoms with Crippen LogP contribution in [0, 0.1) is 0 Å². The molecular formula is C18H28IN7O. The second-order valence-corrected chi connectivity index (χ2v) is 6.11. The summed E-state index contributed by atoms with van der Waals surface area (Å²) in [6.45, 7) is 7.33. The van der Waals surface area contributed by atoms with Crippen molar-refractivity contribution in [3.8, 4) is 5.75 Å². The van der Waals surface area contributed by atoms with Gasteiger partial charge in [0.2, 0.25) is 0 Å². The Labute approximate surface area is 177 Å². The number of nitrogens with one attached hydrogen (secondary N) is 1. The maximum Gasteiger partial charge on any atom is 0.194 e. The number of aryl methyl sites for hydroxylation is 1. The Morgan fingerprint density at radius 1 is 1.19 bits per heavy atom. The van der Waals surface area contributed by atoms with E-state index in [0.717, 1.165) is 50.3 Å². The minimum atomic E-state index is 0. The summed E-state index contributed by atoms with van der Waals surface area (Å²) in [6, 6.07) is 8.23. The lowest BCUT2D eigenvalue weighted by Crippen LogP contribution is -2.52. The van der Waals surface area contributed by atoms with E-state index in [4.69, 9.17) is 4.74 Å². The number of aromatic nitrogens is 3. The molecule has 1 saturated heterocycles. The molecule has 2 aromatic rings. The lowest BCUT2D eigenvalue weighted by molar-refractivity contribution is 0.371. The van der Waals surface area contributed by atoms with Gasteiger partial charge < -0.3 is 24.4 Å². The van der Waals surface area contributed by atoms with Crippen LogP contribution in [-0.4, -0.2) is 66.0 Å². The molecule has 0 atom stereocenters. The van der Waals surface area contributed by atoms with Crippen molar-refractivity contribution in [1.82, 2.24) is 25.0 Å². The number of aliphatic imine (C=N–C) groups is 1. The molecule has 0 unspecified atom stereocenters. The maximum absolute atomic E-state index is 5.23. The van der Waals surface area contributed by atoms with Gasteiger partial charge in [-0.25, -0.2) is 0 Å². The number of hydrogen-bond donors (Lipinski definition) is 1. The third-order valence-electron chi connectivity index (χ3n) is 4.67. The normalized spacial score (nSPS) is 14.7. The summed E-state index contributed by atoms with van der Waals surface area (Å²) in [6.07, 6.45) is 1.76. The van der Waals surface area contributed by atoms with E-state index in [1.807, 2.05) is 23.7 Å². The fraction of sp³-hybridized carbons (Fsp3) is 0.500. The molecule has 0 aliphatic carbocycles. The van der Waals surface area contributed by atoms with Gasteiger partial charge in [-0.2, -0.15) is 0 Å². The molecule has 0 saturated carbocycles.